The van der Waals surface area contributed by atoms with Gasteiger partial charge in [0.05, 0.1) is 32.9 Å². The van der Waals surface area contributed by atoms with Crippen LogP contribution in [0.5, 0.6) is 0 Å². The maximum Gasteiger partial charge on any atom is 0.143 e. The van der Waals surface area contributed by atoms with E-state index < -0.39 is 194 Å². The molecule has 0 spiro atoms. The van der Waals surface area contributed by atoms with Crippen LogP contribution in [0.1, 0.15) is 32.9 Å². The molecule has 0 aliphatic rings. The molecule has 0 amide bonds. The maximum atomic E-state index is 9.30. The molecule has 1 heteroatoms. The van der Waals surface area contributed by atoms with E-state index >= 15 is 0 Å². The van der Waals surface area contributed by atoms with Gasteiger partial charge in [-0.15, -0.1) is 0 Å². The molecule has 0 aliphatic heterocycles. The molecule has 0 unspecified atom stereocenters. The van der Waals surface area contributed by atoms with Crippen LogP contribution in [0.3, 0.4) is 0 Å². The zero-order valence-electron chi connectivity index (χ0n) is 46.7. The first kappa shape index (κ1) is 11.2. The van der Waals surface area contributed by atoms with Gasteiger partial charge in [0.25, 0.3) is 0 Å². The lowest BCUT2D eigenvalue weighted by Gasteiger charge is -2.18. The molecule has 0 aliphatic carbocycles. The Labute approximate surface area is 295 Å². The van der Waals surface area contributed by atoms with Crippen molar-refractivity contribution < 1.29 is 37.3 Å². The lowest BCUT2D eigenvalue weighted by molar-refractivity contribution is 0.670. The van der Waals surface area contributed by atoms with E-state index in [1.54, 1.807) is 0 Å². The highest BCUT2D eigenvalue weighted by atomic mass is 16.3. The molecule has 0 saturated carbocycles. The highest BCUT2D eigenvalue weighted by molar-refractivity contribution is 6.22. The van der Waals surface area contributed by atoms with Crippen molar-refractivity contribution >= 4 is 43.5 Å². The fourth-order valence-electron chi connectivity index (χ4n) is 5.61. The quantitative estimate of drug-likeness (QED) is 0.184. The summed E-state index contributed by atoms with van der Waals surface area (Å²) in [6, 6.07) is -13.2. The van der Waals surface area contributed by atoms with E-state index in [-0.39, 0.29) is 38.6 Å². The summed E-state index contributed by atoms with van der Waals surface area (Å²) in [7, 11) is 0. The zero-order valence-corrected chi connectivity index (χ0v) is 22.7. The van der Waals surface area contributed by atoms with Gasteiger partial charge < -0.3 is 4.42 Å². The molecule has 1 nitrogen and oxygen atoms in total. The van der Waals surface area contributed by atoms with E-state index in [1.807, 2.05) is 0 Å². The topological polar surface area (TPSA) is 13.1 Å². The molecule has 0 N–H and O–H groups in total. The Balaban J connectivity index is 1.48. The van der Waals surface area contributed by atoms with Crippen molar-refractivity contribution in [3.8, 4) is 44.5 Å². The molecule has 0 fully saturated rings. The van der Waals surface area contributed by atoms with Crippen molar-refractivity contribution in [2.45, 2.75) is 0 Å². The summed E-state index contributed by atoms with van der Waals surface area (Å²) < 4.78 is 217. The molecule has 1 aromatic heterocycles. The number of para-hydroxylation sites is 1. The normalized spacial score (nSPS) is 19.0. The first-order chi connectivity index (χ1) is 32.3. The van der Waals surface area contributed by atoms with Gasteiger partial charge in [0, 0.05) is 16.3 Å². The summed E-state index contributed by atoms with van der Waals surface area (Å²) in [5.74, 6) is 0. The van der Waals surface area contributed by atoms with Crippen molar-refractivity contribution in [1.82, 2.24) is 0 Å². The van der Waals surface area contributed by atoms with Crippen LogP contribution in [0.4, 0.5) is 0 Å². The third kappa shape index (κ3) is 4.09. The summed E-state index contributed by atoms with van der Waals surface area (Å²) >= 11 is 0. The Hall–Kier alpha value is -5.92. The van der Waals surface area contributed by atoms with E-state index in [1.165, 1.54) is 24.3 Å². The van der Waals surface area contributed by atoms with Crippen molar-refractivity contribution in [1.29, 1.82) is 0 Å². The molecule has 9 rings (SSSR count). The Morgan fingerprint density at radius 2 is 0.911 bits per heavy atom. The fourth-order valence-corrected chi connectivity index (χ4v) is 5.61. The second-order valence-electron chi connectivity index (χ2n) is 9.84. The van der Waals surface area contributed by atoms with Gasteiger partial charge >= 0.3 is 0 Å². The molecular formula is C44H28O. The van der Waals surface area contributed by atoms with Gasteiger partial charge in [-0.05, 0) is 72.6 Å². The summed E-state index contributed by atoms with van der Waals surface area (Å²) in [6.07, 6.45) is 0. The van der Waals surface area contributed by atoms with E-state index in [0.717, 1.165) is 0 Å². The molecule has 8 aromatic carbocycles. The Kier molecular flexibility index (Phi) is 2.58. The summed E-state index contributed by atoms with van der Waals surface area (Å²) in [6.45, 7) is 0. The van der Waals surface area contributed by atoms with Crippen LogP contribution in [0, 0.1) is 0 Å². The molecule has 45 heavy (non-hydrogen) atoms. The second kappa shape index (κ2) is 10.4. The molecule has 0 radical (unpaired) electrons. The number of furan rings is 1. The largest absolute Gasteiger partial charge is 0.455 e. The zero-order chi connectivity index (χ0) is 50.6. The highest BCUT2D eigenvalue weighted by Crippen LogP contribution is 2.45. The predicted octanol–water partition coefficient (Wildman–Crippen LogP) is 12.6. The van der Waals surface area contributed by atoms with Gasteiger partial charge in [-0.25, -0.2) is 0 Å². The number of rotatable bonds is 4. The van der Waals surface area contributed by atoms with Crippen molar-refractivity contribution in [2.24, 2.45) is 0 Å². The Bertz CT molecular complexity index is 3750. The average Bonchev–Trinajstić information content (AvgIpc) is 3.72. The van der Waals surface area contributed by atoms with E-state index in [0.29, 0.717) is 0 Å². The van der Waals surface area contributed by atoms with Crippen LogP contribution >= 0.6 is 0 Å². The summed E-state index contributed by atoms with van der Waals surface area (Å²) in [5, 5.41) is -2.40. The lowest BCUT2D eigenvalue weighted by Crippen LogP contribution is -1.91. The average molecular weight is 597 g/mol. The van der Waals surface area contributed by atoms with Crippen LogP contribution in [0.15, 0.2) is 174 Å². The summed E-state index contributed by atoms with van der Waals surface area (Å²) in [5.41, 5.74) is -3.60. The van der Waals surface area contributed by atoms with Gasteiger partial charge in [0.1, 0.15) is 11.2 Å². The molecular weight excluding hydrogens is 544 g/mol. The minimum atomic E-state index is -0.836. The Morgan fingerprint density at radius 3 is 1.58 bits per heavy atom. The number of fused-ring (bicyclic) bond motifs is 5. The van der Waals surface area contributed by atoms with Crippen LogP contribution < -0.4 is 0 Å². The number of hydrogen-bond donors (Lipinski definition) is 0. The molecule has 0 saturated heterocycles. The minimum Gasteiger partial charge on any atom is -0.455 e. The highest BCUT2D eigenvalue weighted by Gasteiger charge is 2.19. The van der Waals surface area contributed by atoms with Gasteiger partial charge in [-0.2, -0.15) is 0 Å². The van der Waals surface area contributed by atoms with E-state index in [9.17, 15) is 6.85 Å². The third-order valence-electron chi connectivity index (χ3n) is 7.44. The minimum absolute atomic E-state index is 0.0270. The van der Waals surface area contributed by atoms with Crippen LogP contribution in [0.25, 0.3) is 88.0 Å². The number of benzene rings is 8. The molecule has 0 bridgehead atoms. The third-order valence-corrected chi connectivity index (χ3v) is 7.44. The van der Waals surface area contributed by atoms with Crippen molar-refractivity contribution in [3.05, 3.63) is 169 Å². The van der Waals surface area contributed by atoms with Crippen LogP contribution in [-0.2, 0) is 0 Å². The van der Waals surface area contributed by atoms with Gasteiger partial charge in [-0.1, -0.05) is 157 Å². The Morgan fingerprint density at radius 1 is 0.400 bits per heavy atom. The predicted molar refractivity (Wildman–Crippen MR) is 190 cm³/mol. The van der Waals surface area contributed by atoms with Gasteiger partial charge in [0.15, 0.2) is 0 Å². The molecule has 210 valence electrons. The summed E-state index contributed by atoms with van der Waals surface area (Å²) in [4.78, 5) is 0. The SMILES string of the molecule is [2H]c1c([2H])c([2H])c(-c2c3c([2H])c([2H])c([2H])c([2H])c3c(-c3cccc(-c4c([2H])c([2H])c([2H])c5c4oc4c([2H])c([2H])c([2H])c(-c6c([2H])c([2H])c([2H])c([2H])c6[2H])c45)c3)c3c([2H])c([2H])c([2H])c([2H])c23)c([2H])c1[2H]. The van der Waals surface area contributed by atoms with E-state index in [4.69, 9.17) is 30.5 Å². The first-order valence-electron chi connectivity index (χ1n) is 25.5. The van der Waals surface area contributed by atoms with Gasteiger partial charge in [0.2, 0.25) is 0 Å². The van der Waals surface area contributed by atoms with Crippen LogP contribution in [0.2, 0.25) is 0 Å². The standard InChI is InChI=1S/C44H28O/c1-3-14-29(15-4-1)33-24-13-27-40-43(33)39-26-12-25-34(44(39)45-40)31-18-11-19-32(28-31)42-37-22-9-7-20-35(37)41(30-16-5-2-6-17-30)36-21-8-10-23-38(36)42/h1-28H/i1D,2D,3D,4D,5D,6D,7D,8D,9D,10D,12D,13D,14D,15D,16D,17D,20D,21D,22D,23D,24D,25D,26D,27D. The van der Waals surface area contributed by atoms with E-state index in [2.05, 4.69) is 0 Å². The van der Waals surface area contributed by atoms with Gasteiger partial charge in [-0.3, -0.25) is 0 Å². The monoisotopic (exact) mass is 596 g/mol. The maximum absolute atomic E-state index is 9.30. The van der Waals surface area contributed by atoms with Crippen molar-refractivity contribution in [2.75, 3.05) is 0 Å². The fraction of sp³-hybridized carbons (Fsp3) is 0. The molecule has 9 aromatic rings. The number of hydrogen-bond acceptors (Lipinski definition) is 1. The van der Waals surface area contributed by atoms with Crippen molar-refractivity contribution in [3.63, 3.8) is 0 Å². The second-order valence-corrected chi connectivity index (χ2v) is 9.84. The van der Waals surface area contributed by atoms with Crippen LogP contribution in [-0.4, -0.2) is 0 Å². The first-order valence-corrected chi connectivity index (χ1v) is 13.5. The molecule has 0 atom stereocenters. The lowest BCUT2D eigenvalue weighted by atomic mass is 9.85. The smallest absolute Gasteiger partial charge is 0.143 e. The molecule has 1 heterocycles.